The molecule has 7 heteroatoms. The predicted octanol–water partition coefficient (Wildman–Crippen LogP) is 1.64. The summed E-state index contributed by atoms with van der Waals surface area (Å²) < 4.78 is 28.7. The molecule has 3 rings (SSSR count). The van der Waals surface area contributed by atoms with Crippen molar-refractivity contribution in [3.63, 3.8) is 0 Å². The number of anilines is 1. The molecule has 1 aromatic heterocycles. The number of rotatable bonds is 4. The molecule has 2 aliphatic heterocycles. The standard InChI is InChI=1S/C15H24N4O2S/c1-16-15-11-13(6-7-17-15)14-5-4-10-19(12-14)22(20,21)18-8-2-3-9-18/h6-7,11,14H,2-5,8-10,12H2,1H3,(H,16,17)/t14-/m1/s1. The van der Waals surface area contributed by atoms with Crippen LogP contribution in [0.3, 0.4) is 0 Å². The minimum Gasteiger partial charge on any atom is -0.373 e. The average Bonchev–Trinajstić information content (AvgIpc) is 3.10. The lowest BCUT2D eigenvalue weighted by atomic mass is 9.92. The molecule has 3 heterocycles. The van der Waals surface area contributed by atoms with Crippen LogP contribution in [-0.4, -0.2) is 55.2 Å². The van der Waals surface area contributed by atoms with E-state index in [0.29, 0.717) is 26.2 Å². The van der Waals surface area contributed by atoms with Crippen molar-refractivity contribution in [1.82, 2.24) is 13.6 Å². The van der Waals surface area contributed by atoms with Gasteiger partial charge in [0.25, 0.3) is 10.2 Å². The van der Waals surface area contributed by atoms with E-state index in [1.54, 1.807) is 14.8 Å². The molecule has 0 amide bonds. The third-order valence-electron chi connectivity index (χ3n) is 4.61. The topological polar surface area (TPSA) is 65.5 Å². The Hall–Kier alpha value is -1.18. The number of pyridine rings is 1. The highest BCUT2D eigenvalue weighted by atomic mass is 32.2. The number of hydrogen-bond acceptors (Lipinski definition) is 4. The van der Waals surface area contributed by atoms with Crippen LogP contribution in [0, 0.1) is 0 Å². The Kier molecular flexibility index (Phi) is 4.65. The first-order valence-electron chi connectivity index (χ1n) is 8.00. The van der Waals surface area contributed by atoms with Gasteiger partial charge in [0.1, 0.15) is 5.82 Å². The summed E-state index contributed by atoms with van der Waals surface area (Å²) in [4.78, 5) is 4.23. The molecule has 0 bridgehead atoms. The molecule has 0 radical (unpaired) electrons. The van der Waals surface area contributed by atoms with Gasteiger partial charge in [-0.1, -0.05) is 0 Å². The zero-order valence-electron chi connectivity index (χ0n) is 13.0. The second kappa shape index (κ2) is 6.52. The van der Waals surface area contributed by atoms with Gasteiger partial charge in [-0.3, -0.25) is 0 Å². The van der Waals surface area contributed by atoms with Crippen molar-refractivity contribution in [2.45, 2.75) is 31.6 Å². The fourth-order valence-corrected chi connectivity index (χ4v) is 5.12. The molecule has 1 aromatic rings. The third-order valence-corrected chi connectivity index (χ3v) is 6.62. The van der Waals surface area contributed by atoms with E-state index in [9.17, 15) is 8.42 Å². The van der Waals surface area contributed by atoms with E-state index >= 15 is 0 Å². The molecular weight excluding hydrogens is 300 g/mol. The number of piperidine rings is 1. The van der Waals surface area contributed by atoms with Crippen LogP contribution in [0.2, 0.25) is 0 Å². The quantitative estimate of drug-likeness (QED) is 0.914. The first-order valence-corrected chi connectivity index (χ1v) is 9.40. The van der Waals surface area contributed by atoms with Crippen LogP contribution in [0.25, 0.3) is 0 Å². The van der Waals surface area contributed by atoms with Gasteiger partial charge in [-0.05, 0) is 49.3 Å². The Bertz CT molecular complexity index is 614. The summed E-state index contributed by atoms with van der Waals surface area (Å²) in [5, 5.41) is 3.04. The number of nitrogens with zero attached hydrogens (tertiary/aromatic N) is 3. The van der Waals surface area contributed by atoms with Gasteiger partial charge in [0.05, 0.1) is 0 Å². The summed E-state index contributed by atoms with van der Waals surface area (Å²) in [6.45, 7) is 2.55. The van der Waals surface area contributed by atoms with Gasteiger partial charge in [-0.2, -0.15) is 17.0 Å². The fourth-order valence-electron chi connectivity index (χ4n) is 3.34. The van der Waals surface area contributed by atoms with Crippen LogP contribution in [0.15, 0.2) is 18.3 Å². The van der Waals surface area contributed by atoms with Crippen molar-refractivity contribution in [1.29, 1.82) is 0 Å². The molecule has 0 saturated carbocycles. The second-order valence-electron chi connectivity index (χ2n) is 6.04. The molecular formula is C15H24N4O2S. The third kappa shape index (κ3) is 3.11. The van der Waals surface area contributed by atoms with Crippen LogP contribution < -0.4 is 5.32 Å². The zero-order valence-corrected chi connectivity index (χ0v) is 13.8. The van der Waals surface area contributed by atoms with E-state index in [2.05, 4.69) is 10.3 Å². The number of aromatic nitrogens is 1. The molecule has 122 valence electrons. The molecule has 22 heavy (non-hydrogen) atoms. The van der Waals surface area contributed by atoms with E-state index in [1.165, 1.54) is 5.56 Å². The van der Waals surface area contributed by atoms with Crippen LogP contribution in [-0.2, 0) is 10.2 Å². The Balaban J connectivity index is 1.76. The van der Waals surface area contributed by atoms with Crippen molar-refractivity contribution in [3.05, 3.63) is 23.9 Å². The summed E-state index contributed by atoms with van der Waals surface area (Å²) in [7, 11) is -1.44. The minimum absolute atomic E-state index is 0.251. The van der Waals surface area contributed by atoms with E-state index in [-0.39, 0.29) is 5.92 Å². The maximum absolute atomic E-state index is 12.7. The highest BCUT2D eigenvalue weighted by Gasteiger charge is 2.35. The summed E-state index contributed by atoms with van der Waals surface area (Å²) in [6, 6.07) is 4.02. The van der Waals surface area contributed by atoms with Crippen molar-refractivity contribution in [2.24, 2.45) is 0 Å². The van der Waals surface area contributed by atoms with Crippen molar-refractivity contribution >= 4 is 16.0 Å². The first kappa shape index (κ1) is 15.7. The Labute approximate surface area is 132 Å². The lowest BCUT2D eigenvalue weighted by molar-refractivity contribution is 0.292. The molecule has 1 N–H and O–H groups in total. The van der Waals surface area contributed by atoms with E-state index in [4.69, 9.17) is 0 Å². The van der Waals surface area contributed by atoms with Gasteiger partial charge in [-0.15, -0.1) is 0 Å². The normalized spacial score (nSPS) is 24.5. The Morgan fingerprint density at radius 2 is 1.91 bits per heavy atom. The highest BCUT2D eigenvalue weighted by Crippen LogP contribution is 2.30. The van der Waals surface area contributed by atoms with Crippen molar-refractivity contribution in [3.8, 4) is 0 Å². The SMILES string of the molecule is CNc1cc([C@@H]2CCCN(S(=O)(=O)N3CCCC3)C2)ccn1. The van der Waals surface area contributed by atoms with Gasteiger partial charge < -0.3 is 5.32 Å². The molecule has 6 nitrogen and oxygen atoms in total. The molecule has 0 unspecified atom stereocenters. The minimum atomic E-state index is -3.28. The van der Waals surface area contributed by atoms with Gasteiger partial charge in [0.2, 0.25) is 0 Å². The monoisotopic (exact) mass is 324 g/mol. The van der Waals surface area contributed by atoms with Crippen molar-refractivity contribution in [2.75, 3.05) is 38.5 Å². The average molecular weight is 324 g/mol. The van der Waals surface area contributed by atoms with Crippen LogP contribution in [0.5, 0.6) is 0 Å². The summed E-state index contributed by atoms with van der Waals surface area (Å²) >= 11 is 0. The van der Waals surface area contributed by atoms with Gasteiger partial charge in [0.15, 0.2) is 0 Å². The lowest BCUT2D eigenvalue weighted by Gasteiger charge is -2.34. The Morgan fingerprint density at radius 1 is 1.18 bits per heavy atom. The van der Waals surface area contributed by atoms with Crippen LogP contribution in [0.1, 0.15) is 37.2 Å². The zero-order chi connectivity index (χ0) is 15.6. The lowest BCUT2D eigenvalue weighted by Crippen LogP contribution is -2.46. The van der Waals surface area contributed by atoms with Gasteiger partial charge in [-0.25, -0.2) is 4.98 Å². The van der Waals surface area contributed by atoms with Gasteiger partial charge >= 0.3 is 0 Å². The first-order chi connectivity index (χ1) is 10.6. The van der Waals surface area contributed by atoms with Gasteiger partial charge in [0, 0.05) is 39.4 Å². The number of nitrogens with one attached hydrogen (secondary N) is 1. The molecule has 1 atom stereocenters. The highest BCUT2D eigenvalue weighted by molar-refractivity contribution is 7.86. The number of hydrogen-bond donors (Lipinski definition) is 1. The summed E-state index contributed by atoms with van der Waals surface area (Å²) in [6.07, 6.45) is 5.68. The molecule has 0 aromatic carbocycles. The second-order valence-corrected chi connectivity index (χ2v) is 7.96. The van der Waals surface area contributed by atoms with Crippen LogP contribution in [0.4, 0.5) is 5.82 Å². The van der Waals surface area contributed by atoms with Crippen molar-refractivity contribution < 1.29 is 8.42 Å². The largest absolute Gasteiger partial charge is 0.373 e. The maximum Gasteiger partial charge on any atom is 0.281 e. The fraction of sp³-hybridized carbons (Fsp3) is 0.667. The molecule has 0 spiro atoms. The summed E-state index contributed by atoms with van der Waals surface area (Å²) in [5.74, 6) is 1.08. The molecule has 2 saturated heterocycles. The Morgan fingerprint density at radius 3 is 2.64 bits per heavy atom. The van der Waals surface area contributed by atoms with E-state index in [0.717, 1.165) is 31.5 Å². The predicted molar refractivity (Wildman–Crippen MR) is 87.1 cm³/mol. The molecule has 0 aliphatic carbocycles. The van der Waals surface area contributed by atoms with E-state index in [1.807, 2.05) is 19.2 Å². The smallest absolute Gasteiger partial charge is 0.281 e. The molecule has 2 fully saturated rings. The van der Waals surface area contributed by atoms with E-state index < -0.39 is 10.2 Å². The van der Waals surface area contributed by atoms with Crippen LogP contribution >= 0.6 is 0 Å². The molecule has 2 aliphatic rings. The summed E-state index contributed by atoms with van der Waals surface area (Å²) in [5.41, 5.74) is 1.17. The maximum atomic E-state index is 12.7.